The smallest absolute Gasteiger partial charge is 0.306 e. The number of hydrogen-bond donors (Lipinski definition) is 1. The van der Waals surface area contributed by atoms with Crippen LogP contribution in [0.1, 0.15) is 63.3 Å². The molecule has 0 aromatic heterocycles. The summed E-state index contributed by atoms with van der Waals surface area (Å²) in [6.07, 6.45) is -1.10. The highest BCUT2D eigenvalue weighted by Gasteiger charge is 2.52. The summed E-state index contributed by atoms with van der Waals surface area (Å²) in [7, 11) is -2.26. The van der Waals surface area contributed by atoms with Gasteiger partial charge in [-0.05, 0) is 74.9 Å². The summed E-state index contributed by atoms with van der Waals surface area (Å²) in [4.78, 5) is 27.4. The number of sulfonamides is 1. The van der Waals surface area contributed by atoms with Gasteiger partial charge in [0.15, 0.2) is 0 Å². The van der Waals surface area contributed by atoms with E-state index in [0.29, 0.717) is 21.2 Å². The van der Waals surface area contributed by atoms with Crippen molar-refractivity contribution in [3.63, 3.8) is 0 Å². The lowest BCUT2D eigenvalue weighted by molar-refractivity contribution is -0.183. The van der Waals surface area contributed by atoms with Crippen molar-refractivity contribution in [3.05, 3.63) is 69.7 Å². The summed E-state index contributed by atoms with van der Waals surface area (Å²) >= 11 is 12.5. The Morgan fingerprint density at radius 2 is 1.74 bits per heavy atom. The average molecular weight is 598 g/mol. The lowest BCUT2D eigenvalue weighted by atomic mass is 9.89. The van der Waals surface area contributed by atoms with E-state index in [9.17, 15) is 23.1 Å². The van der Waals surface area contributed by atoms with Gasteiger partial charge in [0.2, 0.25) is 10.0 Å². The zero-order valence-corrected chi connectivity index (χ0v) is 24.7. The minimum atomic E-state index is -3.80. The van der Waals surface area contributed by atoms with E-state index >= 15 is 0 Å². The Bertz CT molecular complexity index is 1320. The van der Waals surface area contributed by atoms with Gasteiger partial charge in [-0.25, -0.2) is 8.42 Å². The molecule has 4 atom stereocenters. The van der Waals surface area contributed by atoms with E-state index in [-0.39, 0.29) is 11.7 Å². The number of nitrogens with zero attached hydrogens (tertiary/aromatic N) is 2. The number of benzene rings is 2. The average Bonchev–Trinajstić information content (AvgIpc) is 3.68. The van der Waals surface area contributed by atoms with Crippen molar-refractivity contribution in [1.82, 2.24) is 9.21 Å². The Morgan fingerprint density at radius 1 is 1.10 bits per heavy atom. The molecule has 0 radical (unpaired) electrons. The summed E-state index contributed by atoms with van der Waals surface area (Å²) < 4.78 is 34.9. The van der Waals surface area contributed by atoms with E-state index in [4.69, 9.17) is 27.9 Å². The van der Waals surface area contributed by atoms with Crippen LogP contribution in [0.4, 0.5) is 0 Å². The van der Waals surface area contributed by atoms with E-state index in [1.807, 2.05) is 26.8 Å². The summed E-state index contributed by atoms with van der Waals surface area (Å²) in [5.41, 5.74) is 0.686. The molecule has 2 aliphatic rings. The molecule has 1 aliphatic heterocycles. The van der Waals surface area contributed by atoms with Gasteiger partial charge in [0.1, 0.15) is 12.2 Å². The number of amides is 1. The van der Waals surface area contributed by atoms with Gasteiger partial charge >= 0.3 is 5.97 Å². The van der Waals surface area contributed by atoms with Gasteiger partial charge < -0.3 is 14.7 Å². The first-order valence-corrected chi connectivity index (χ1v) is 15.2. The maximum absolute atomic E-state index is 14.1. The Hall–Kier alpha value is -2.17. The van der Waals surface area contributed by atoms with Crippen LogP contribution in [-0.2, 0) is 24.3 Å². The van der Waals surface area contributed by atoms with Gasteiger partial charge in [-0.15, -0.1) is 0 Å². The van der Waals surface area contributed by atoms with Crippen LogP contribution in [0.3, 0.4) is 0 Å². The zero-order valence-electron chi connectivity index (χ0n) is 22.4. The number of carboxylic acids is 1. The van der Waals surface area contributed by atoms with Crippen LogP contribution < -0.4 is 0 Å². The molecule has 4 rings (SSSR count). The van der Waals surface area contributed by atoms with Gasteiger partial charge in [0.25, 0.3) is 5.91 Å². The van der Waals surface area contributed by atoms with Gasteiger partial charge in [0, 0.05) is 22.6 Å². The SMILES string of the molecule is CN(C(C)(C)C)S(=O)(=O)C[C@H](C1CC1)N1C(=O)[C@@H](CC(=O)O)O[C@H](c2cccc(Cl)c2)[C@H]1c1ccc(Cl)cc1. The van der Waals surface area contributed by atoms with Crippen molar-refractivity contribution in [2.45, 2.75) is 69.9 Å². The number of halogens is 2. The second-order valence-corrected chi connectivity index (χ2v) is 14.2. The van der Waals surface area contributed by atoms with Gasteiger partial charge in [-0.1, -0.05) is 47.5 Å². The zero-order chi connectivity index (χ0) is 28.7. The van der Waals surface area contributed by atoms with Crippen LogP contribution in [0.5, 0.6) is 0 Å². The fraction of sp³-hybridized carbons (Fsp3) is 0.500. The fourth-order valence-electron chi connectivity index (χ4n) is 5.03. The minimum absolute atomic E-state index is 0.0458. The Morgan fingerprint density at radius 3 is 2.28 bits per heavy atom. The molecule has 0 bridgehead atoms. The highest BCUT2D eigenvalue weighted by Crippen LogP contribution is 2.48. The minimum Gasteiger partial charge on any atom is -0.481 e. The molecule has 1 amide bonds. The largest absolute Gasteiger partial charge is 0.481 e. The lowest BCUT2D eigenvalue weighted by Gasteiger charge is -2.48. The van der Waals surface area contributed by atoms with Crippen LogP contribution in [0.15, 0.2) is 48.5 Å². The van der Waals surface area contributed by atoms with Crippen molar-refractivity contribution in [1.29, 1.82) is 0 Å². The molecule has 0 spiro atoms. The normalized spacial score (nSPS) is 23.2. The number of carbonyl (C=O) groups excluding carboxylic acids is 1. The predicted molar refractivity (Wildman–Crippen MR) is 150 cm³/mol. The number of carbonyl (C=O) groups is 2. The molecule has 39 heavy (non-hydrogen) atoms. The number of ether oxygens (including phenoxy) is 1. The third-order valence-corrected chi connectivity index (χ3v) is 10.1. The van der Waals surface area contributed by atoms with Crippen LogP contribution in [0.2, 0.25) is 10.0 Å². The Kier molecular flexibility index (Phi) is 8.69. The van der Waals surface area contributed by atoms with Crippen LogP contribution in [0, 0.1) is 5.92 Å². The number of rotatable bonds is 9. The predicted octanol–water partition coefficient (Wildman–Crippen LogP) is 5.32. The topological polar surface area (TPSA) is 104 Å². The van der Waals surface area contributed by atoms with Gasteiger partial charge in [0.05, 0.1) is 24.3 Å². The van der Waals surface area contributed by atoms with Crippen LogP contribution >= 0.6 is 23.2 Å². The summed E-state index contributed by atoms with van der Waals surface area (Å²) in [5.74, 6) is -2.06. The van der Waals surface area contributed by atoms with E-state index < -0.39 is 58.2 Å². The molecule has 2 aromatic rings. The van der Waals surface area contributed by atoms with E-state index in [2.05, 4.69) is 0 Å². The standard InChI is InChI=1S/C28H34Cl2N2O6S/c1-28(2,3)31(4)39(36,37)16-22(17-8-9-17)32-25(18-10-12-20(29)13-11-18)26(19-6-5-7-21(30)14-19)38-23(27(32)35)15-24(33)34/h5-7,10-14,17,22-23,25-26H,8-9,15-16H2,1-4H3,(H,33,34)/t22-,23-,25-,26-/m1/s1. The first kappa shape index (κ1) is 29.8. The fourth-order valence-corrected chi connectivity index (χ4v) is 7.28. The quantitative estimate of drug-likeness (QED) is 0.420. The molecule has 1 N–H and O–H groups in total. The molecule has 0 unspecified atom stereocenters. The monoisotopic (exact) mass is 596 g/mol. The summed E-state index contributed by atoms with van der Waals surface area (Å²) in [6, 6.07) is 12.5. The van der Waals surface area contributed by atoms with Gasteiger partial charge in [-0.2, -0.15) is 4.31 Å². The third kappa shape index (κ3) is 6.77. The van der Waals surface area contributed by atoms with E-state index in [1.54, 1.807) is 54.4 Å². The Labute approximate surface area is 239 Å². The summed E-state index contributed by atoms with van der Waals surface area (Å²) in [6.45, 7) is 5.43. The molecule has 1 saturated carbocycles. The van der Waals surface area contributed by atoms with Crippen molar-refractivity contribution >= 4 is 45.1 Å². The lowest BCUT2D eigenvalue weighted by Crippen LogP contribution is -2.58. The molecule has 11 heteroatoms. The molecule has 1 aliphatic carbocycles. The Balaban J connectivity index is 1.88. The molecule has 1 heterocycles. The molecule has 2 aromatic carbocycles. The number of carboxylic acid groups (broad SMARTS) is 1. The number of morpholine rings is 1. The van der Waals surface area contributed by atoms with Crippen molar-refractivity contribution < 1.29 is 27.9 Å². The molecule has 8 nitrogen and oxygen atoms in total. The maximum atomic E-state index is 14.1. The second kappa shape index (κ2) is 11.4. The summed E-state index contributed by atoms with van der Waals surface area (Å²) in [5, 5.41) is 10.6. The number of hydrogen-bond acceptors (Lipinski definition) is 5. The molecular formula is C28H34Cl2N2O6S. The molecular weight excluding hydrogens is 563 g/mol. The van der Waals surface area contributed by atoms with E-state index in [1.165, 1.54) is 4.31 Å². The van der Waals surface area contributed by atoms with Crippen LogP contribution in [-0.4, -0.2) is 65.1 Å². The maximum Gasteiger partial charge on any atom is 0.306 e. The number of aliphatic carboxylic acids is 1. The van der Waals surface area contributed by atoms with Crippen molar-refractivity contribution in [2.24, 2.45) is 5.92 Å². The third-order valence-electron chi connectivity index (χ3n) is 7.44. The second-order valence-electron chi connectivity index (χ2n) is 11.3. The van der Waals surface area contributed by atoms with Crippen LogP contribution in [0.25, 0.3) is 0 Å². The highest BCUT2D eigenvalue weighted by molar-refractivity contribution is 7.89. The molecule has 212 valence electrons. The highest BCUT2D eigenvalue weighted by atomic mass is 35.5. The first-order chi connectivity index (χ1) is 18.2. The first-order valence-electron chi connectivity index (χ1n) is 12.9. The van der Waals surface area contributed by atoms with Gasteiger partial charge in [-0.3, -0.25) is 9.59 Å². The molecule has 1 saturated heterocycles. The molecule has 2 fully saturated rings. The van der Waals surface area contributed by atoms with E-state index in [0.717, 1.165) is 12.8 Å². The van der Waals surface area contributed by atoms with Crippen molar-refractivity contribution in [2.75, 3.05) is 12.8 Å². The van der Waals surface area contributed by atoms with Crippen molar-refractivity contribution in [3.8, 4) is 0 Å².